The van der Waals surface area contributed by atoms with E-state index >= 15 is 0 Å². The second-order valence-corrected chi connectivity index (χ2v) is 3.05. The molecule has 76 valence electrons. The molecule has 0 spiro atoms. The standard InChI is InChI=1S/C8H13N5O/c1-5(2)13(10-3)7-6(9)8(14)12-4-11-7/h4-5H,3,9H2,1-2H3,(H,11,12,14). The van der Waals surface area contributed by atoms with Crippen molar-refractivity contribution in [2.45, 2.75) is 19.9 Å². The van der Waals surface area contributed by atoms with E-state index in [1.165, 1.54) is 11.3 Å². The van der Waals surface area contributed by atoms with Gasteiger partial charge in [0.25, 0.3) is 5.56 Å². The zero-order valence-corrected chi connectivity index (χ0v) is 8.19. The molecule has 1 aromatic heterocycles. The van der Waals surface area contributed by atoms with Crippen LogP contribution in [0.1, 0.15) is 13.8 Å². The van der Waals surface area contributed by atoms with E-state index in [4.69, 9.17) is 5.73 Å². The van der Waals surface area contributed by atoms with Gasteiger partial charge in [0.2, 0.25) is 0 Å². The quantitative estimate of drug-likeness (QED) is 0.532. The molecule has 0 amide bonds. The fraction of sp³-hybridized carbons (Fsp3) is 0.375. The average Bonchev–Trinajstić information content (AvgIpc) is 2.13. The minimum atomic E-state index is -0.371. The summed E-state index contributed by atoms with van der Waals surface area (Å²) >= 11 is 0. The van der Waals surface area contributed by atoms with Crippen molar-refractivity contribution in [2.24, 2.45) is 5.10 Å². The zero-order valence-electron chi connectivity index (χ0n) is 8.19. The zero-order chi connectivity index (χ0) is 10.7. The van der Waals surface area contributed by atoms with Crippen LogP contribution in [-0.4, -0.2) is 22.7 Å². The Morgan fingerprint density at radius 3 is 2.86 bits per heavy atom. The first kappa shape index (κ1) is 10.2. The van der Waals surface area contributed by atoms with Crippen molar-refractivity contribution in [3.8, 4) is 0 Å². The fourth-order valence-electron chi connectivity index (χ4n) is 1.06. The molecule has 0 aliphatic rings. The maximum atomic E-state index is 11.2. The molecule has 1 rings (SSSR count). The normalized spacial score (nSPS) is 10.2. The Morgan fingerprint density at radius 2 is 2.36 bits per heavy atom. The lowest BCUT2D eigenvalue weighted by atomic mass is 10.3. The van der Waals surface area contributed by atoms with Crippen LogP contribution in [0.15, 0.2) is 16.2 Å². The lowest BCUT2D eigenvalue weighted by molar-refractivity contribution is 0.705. The van der Waals surface area contributed by atoms with Crippen molar-refractivity contribution in [1.29, 1.82) is 0 Å². The monoisotopic (exact) mass is 195 g/mol. The maximum Gasteiger partial charge on any atom is 0.276 e. The predicted octanol–water partition coefficient (Wildman–Crippen LogP) is 0.182. The minimum Gasteiger partial charge on any atom is -0.391 e. The number of hydrazone groups is 1. The van der Waals surface area contributed by atoms with Gasteiger partial charge in [-0.1, -0.05) is 0 Å². The summed E-state index contributed by atoms with van der Waals surface area (Å²) in [6.07, 6.45) is 1.29. The molecule has 3 N–H and O–H groups in total. The Kier molecular flexibility index (Phi) is 2.85. The van der Waals surface area contributed by atoms with E-state index in [0.717, 1.165) is 0 Å². The van der Waals surface area contributed by atoms with Crippen LogP contribution in [0.5, 0.6) is 0 Å². The summed E-state index contributed by atoms with van der Waals surface area (Å²) in [4.78, 5) is 17.5. The molecule has 6 nitrogen and oxygen atoms in total. The van der Waals surface area contributed by atoms with E-state index < -0.39 is 0 Å². The van der Waals surface area contributed by atoms with Crippen molar-refractivity contribution in [3.05, 3.63) is 16.7 Å². The van der Waals surface area contributed by atoms with E-state index in [-0.39, 0.29) is 17.3 Å². The van der Waals surface area contributed by atoms with Crippen molar-refractivity contribution in [2.75, 3.05) is 10.7 Å². The van der Waals surface area contributed by atoms with Crippen molar-refractivity contribution in [1.82, 2.24) is 9.97 Å². The summed E-state index contributed by atoms with van der Waals surface area (Å²) < 4.78 is 0. The van der Waals surface area contributed by atoms with Crippen LogP contribution in [-0.2, 0) is 0 Å². The molecule has 0 radical (unpaired) electrons. The van der Waals surface area contributed by atoms with Gasteiger partial charge in [0.15, 0.2) is 5.82 Å². The number of anilines is 2. The molecule has 0 unspecified atom stereocenters. The van der Waals surface area contributed by atoms with E-state index in [2.05, 4.69) is 21.8 Å². The highest BCUT2D eigenvalue weighted by Crippen LogP contribution is 2.17. The van der Waals surface area contributed by atoms with E-state index in [1.807, 2.05) is 13.8 Å². The second kappa shape index (κ2) is 3.91. The molecule has 0 aliphatic heterocycles. The molecule has 0 aromatic carbocycles. The molecular weight excluding hydrogens is 182 g/mol. The number of nitrogens with two attached hydrogens (primary N) is 1. The van der Waals surface area contributed by atoms with E-state index in [9.17, 15) is 4.79 Å². The molecule has 0 saturated heterocycles. The molecule has 0 bridgehead atoms. The number of rotatable bonds is 3. The highest BCUT2D eigenvalue weighted by Gasteiger charge is 2.14. The van der Waals surface area contributed by atoms with Gasteiger partial charge < -0.3 is 10.7 Å². The molecule has 0 saturated carbocycles. The third-order valence-electron chi connectivity index (χ3n) is 1.73. The summed E-state index contributed by atoms with van der Waals surface area (Å²) in [5, 5.41) is 5.24. The van der Waals surface area contributed by atoms with Crippen LogP contribution in [0.4, 0.5) is 11.5 Å². The van der Waals surface area contributed by atoms with Gasteiger partial charge in [-0.15, -0.1) is 0 Å². The van der Waals surface area contributed by atoms with Crippen LogP contribution in [0, 0.1) is 0 Å². The van der Waals surface area contributed by atoms with Crippen LogP contribution >= 0.6 is 0 Å². The lowest BCUT2D eigenvalue weighted by Gasteiger charge is -2.21. The first-order valence-electron chi connectivity index (χ1n) is 4.17. The number of H-pyrrole nitrogens is 1. The fourth-order valence-corrected chi connectivity index (χ4v) is 1.06. The third-order valence-corrected chi connectivity index (χ3v) is 1.73. The molecule has 0 aliphatic carbocycles. The third kappa shape index (κ3) is 1.73. The molecule has 1 heterocycles. The highest BCUT2D eigenvalue weighted by molar-refractivity contribution is 5.61. The van der Waals surface area contributed by atoms with Gasteiger partial charge >= 0.3 is 0 Å². The number of hydrogen-bond donors (Lipinski definition) is 2. The summed E-state index contributed by atoms with van der Waals surface area (Å²) in [6.45, 7) is 7.20. The Labute approximate surface area is 81.5 Å². The van der Waals surface area contributed by atoms with Gasteiger partial charge in [0.05, 0.1) is 6.33 Å². The number of aromatic nitrogens is 2. The Hall–Kier alpha value is -1.85. The minimum absolute atomic E-state index is 0.0455. The van der Waals surface area contributed by atoms with Gasteiger partial charge in [-0.25, -0.2) is 9.99 Å². The largest absolute Gasteiger partial charge is 0.391 e. The van der Waals surface area contributed by atoms with Crippen molar-refractivity contribution in [3.63, 3.8) is 0 Å². The summed E-state index contributed by atoms with van der Waals surface area (Å²) in [6, 6.07) is 0.0455. The first-order valence-corrected chi connectivity index (χ1v) is 4.17. The number of nitrogens with one attached hydrogen (secondary N) is 1. The van der Waals surface area contributed by atoms with Gasteiger partial charge in [0.1, 0.15) is 5.69 Å². The second-order valence-electron chi connectivity index (χ2n) is 3.05. The summed E-state index contributed by atoms with van der Waals surface area (Å²) in [5.41, 5.74) is 5.24. The Balaban J connectivity index is 3.23. The molecule has 0 fully saturated rings. The maximum absolute atomic E-state index is 11.2. The van der Waals surface area contributed by atoms with Crippen LogP contribution in [0.2, 0.25) is 0 Å². The van der Waals surface area contributed by atoms with Gasteiger partial charge in [0, 0.05) is 12.8 Å². The van der Waals surface area contributed by atoms with E-state index in [0.29, 0.717) is 5.82 Å². The Morgan fingerprint density at radius 1 is 1.71 bits per heavy atom. The molecule has 0 atom stereocenters. The van der Waals surface area contributed by atoms with Gasteiger partial charge in [-0.2, -0.15) is 5.10 Å². The summed E-state index contributed by atoms with van der Waals surface area (Å²) in [7, 11) is 0. The SMILES string of the molecule is C=NN(c1nc[nH]c(=O)c1N)C(C)C. The first-order chi connectivity index (χ1) is 6.57. The summed E-state index contributed by atoms with van der Waals surface area (Å²) in [5.74, 6) is 0.332. The number of nitrogen functional groups attached to an aromatic ring is 1. The molecule has 1 aromatic rings. The lowest BCUT2D eigenvalue weighted by Crippen LogP contribution is -2.28. The average molecular weight is 195 g/mol. The van der Waals surface area contributed by atoms with Crippen LogP contribution < -0.4 is 16.3 Å². The molecule has 6 heteroatoms. The Bertz CT molecular complexity index is 384. The van der Waals surface area contributed by atoms with Crippen LogP contribution in [0.25, 0.3) is 0 Å². The van der Waals surface area contributed by atoms with Crippen molar-refractivity contribution >= 4 is 18.2 Å². The number of aromatic amines is 1. The topological polar surface area (TPSA) is 87.4 Å². The van der Waals surface area contributed by atoms with Crippen LogP contribution in [0.3, 0.4) is 0 Å². The highest BCUT2D eigenvalue weighted by atomic mass is 16.1. The van der Waals surface area contributed by atoms with Gasteiger partial charge in [-0.05, 0) is 13.8 Å². The molecular formula is C8H13N5O. The smallest absolute Gasteiger partial charge is 0.276 e. The van der Waals surface area contributed by atoms with Gasteiger partial charge in [-0.3, -0.25) is 4.79 Å². The molecule has 14 heavy (non-hydrogen) atoms. The van der Waals surface area contributed by atoms with Crippen molar-refractivity contribution < 1.29 is 0 Å². The number of hydrogen-bond acceptors (Lipinski definition) is 5. The van der Waals surface area contributed by atoms with E-state index in [1.54, 1.807) is 0 Å². The number of nitrogens with zero attached hydrogens (tertiary/aromatic N) is 3. The predicted molar refractivity (Wildman–Crippen MR) is 56.4 cm³/mol.